The molecule has 0 fully saturated rings. The van der Waals surface area contributed by atoms with Gasteiger partial charge in [-0.05, 0) is 19.1 Å². The molecule has 0 aromatic carbocycles. The van der Waals surface area contributed by atoms with Gasteiger partial charge in [0, 0.05) is 7.11 Å². The standard InChI is InChI=1S/C11H13N3O3/c1-7(17-2)5-14-6-12-8-3-4-9(11(15)16)13-10(8)14/h3-4,6-7H,5H2,1-2H3,(H,15,16). The van der Waals surface area contributed by atoms with Gasteiger partial charge >= 0.3 is 5.97 Å². The molecule has 0 amide bonds. The van der Waals surface area contributed by atoms with E-state index >= 15 is 0 Å². The van der Waals surface area contributed by atoms with Crippen molar-refractivity contribution in [2.45, 2.75) is 19.6 Å². The predicted octanol–water partition coefficient (Wildman–Crippen LogP) is 1.16. The fourth-order valence-electron chi connectivity index (χ4n) is 1.54. The van der Waals surface area contributed by atoms with Crippen LogP contribution in [0.5, 0.6) is 0 Å². The van der Waals surface area contributed by atoms with Gasteiger partial charge < -0.3 is 14.4 Å². The van der Waals surface area contributed by atoms with Gasteiger partial charge in [0.1, 0.15) is 5.52 Å². The van der Waals surface area contributed by atoms with Crippen molar-refractivity contribution in [1.29, 1.82) is 0 Å². The van der Waals surface area contributed by atoms with Crippen molar-refractivity contribution in [2.75, 3.05) is 7.11 Å². The quantitative estimate of drug-likeness (QED) is 0.860. The van der Waals surface area contributed by atoms with Gasteiger partial charge in [0.05, 0.1) is 19.0 Å². The molecule has 0 bridgehead atoms. The number of ether oxygens (including phenoxy) is 1. The molecule has 1 unspecified atom stereocenters. The minimum Gasteiger partial charge on any atom is -0.477 e. The van der Waals surface area contributed by atoms with Crippen LogP contribution in [0.3, 0.4) is 0 Å². The summed E-state index contributed by atoms with van der Waals surface area (Å²) < 4.78 is 6.95. The second-order valence-electron chi connectivity index (χ2n) is 3.79. The van der Waals surface area contributed by atoms with Gasteiger partial charge in [0.25, 0.3) is 0 Å². The Morgan fingerprint density at radius 2 is 2.35 bits per heavy atom. The van der Waals surface area contributed by atoms with Gasteiger partial charge in [-0.1, -0.05) is 0 Å². The Kier molecular flexibility index (Phi) is 3.06. The molecule has 0 radical (unpaired) electrons. The fraction of sp³-hybridized carbons (Fsp3) is 0.364. The van der Waals surface area contributed by atoms with E-state index < -0.39 is 5.97 Å². The van der Waals surface area contributed by atoms with Crippen molar-refractivity contribution < 1.29 is 14.6 Å². The van der Waals surface area contributed by atoms with Crippen LogP contribution in [0.1, 0.15) is 17.4 Å². The summed E-state index contributed by atoms with van der Waals surface area (Å²) in [7, 11) is 1.62. The number of hydrogen-bond acceptors (Lipinski definition) is 4. The van der Waals surface area contributed by atoms with Crippen molar-refractivity contribution in [1.82, 2.24) is 14.5 Å². The number of imidazole rings is 1. The molecule has 0 aliphatic heterocycles. The van der Waals surface area contributed by atoms with Crippen molar-refractivity contribution in [2.24, 2.45) is 0 Å². The SMILES string of the molecule is COC(C)Cn1cnc2ccc(C(=O)O)nc21. The van der Waals surface area contributed by atoms with E-state index in [1.807, 2.05) is 6.92 Å². The summed E-state index contributed by atoms with van der Waals surface area (Å²) in [6.07, 6.45) is 1.65. The van der Waals surface area contributed by atoms with E-state index in [9.17, 15) is 4.79 Å². The lowest BCUT2D eigenvalue weighted by Gasteiger charge is -2.10. The van der Waals surface area contributed by atoms with Crippen molar-refractivity contribution in [3.8, 4) is 0 Å². The van der Waals surface area contributed by atoms with Crippen molar-refractivity contribution in [3.05, 3.63) is 24.2 Å². The molecule has 0 aliphatic carbocycles. The van der Waals surface area contributed by atoms with E-state index in [0.29, 0.717) is 17.7 Å². The van der Waals surface area contributed by atoms with E-state index in [2.05, 4.69) is 9.97 Å². The maximum atomic E-state index is 10.8. The number of pyridine rings is 1. The minimum absolute atomic E-state index is 0.0164. The molecule has 6 nitrogen and oxygen atoms in total. The van der Waals surface area contributed by atoms with E-state index in [0.717, 1.165) is 0 Å². The van der Waals surface area contributed by atoms with Crippen LogP contribution in [0.2, 0.25) is 0 Å². The van der Waals surface area contributed by atoms with Crippen LogP contribution >= 0.6 is 0 Å². The van der Waals surface area contributed by atoms with Gasteiger partial charge in [-0.2, -0.15) is 0 Å². The average Bonchev–Trinajstić information content (AvgIpc) is 2.71. The largest absolute Gasteiger partial charge is 0.477 e. The highest BCUT2D eigenvalue weighted by Gasteiger charge is 2.11. The van der Waals surface area contributed by atoms with E-state index in [-0.39, 0.29) is 11.8 Å². The summed E-state index contributed by atoms with van der Waals surface area (Å²) in [5.74, 6) is -1.04. The van der Waals surface area contributed by atoms with Crippen LogP contribution in [-0.4, -0.2) is 38.8 Å². The monoisotopic (exact) mass is 235 g/mol. The second kappa shape index (κ2) is 4.50. The lowest BCUT2D eigenvalue weighted by atomic mass is 10.3. The first-order valence-corrected chi connectivity index (χ1v) is 5.20. The van der Waals surface area contributed by atoms with Crippen LogP contribution in [0.4, 0.5) is 0 Å². The molecule has 2 aromatic heterocycles. The number of nitrogens with zero attached hydrogens (tertiary/aromatic N) is 3. The second-order valence-corrected chi connectivity index (χ2v) is 3.79. The molecule has 1 atom stereocenters. The Labute approximate surface area is 97.9 Å². The van der Waals surface area contributed by atoms with Crippen molar-refractivity contribution in [3.63, 3.8) is 0 Å². The molecule has 17 heavy (non-hydrogen) atoms. The Morgan fingerprint density at radius 3 is 3.00 bits per heavy atom. The van der Waals surface area contributed by atoms with E-state index in [1.54, 1.807) is 24.1 Å². The first-order chi connectivity index (χ1) is 8.11. The molecule has 2 heterocycles. The molecule has 2 aromatic rings. The Bertz CT molecular complexity index is 550. The number of rotatable bonds is 4. The maximum absolute atomic E-state index is 10.8. The molecule has 6 heteroatoms. The number of carboxylic acids is 1. The summed E-state index contributed by atoms with van der Waals surface area (Å²) in [5.41, 5.74) is 1.26. The molecule has 0 saturated heterocycles. The number of methoxy groups -OCH3 is 1. The highest BCUT2D eigenvalue weighted by atomic mass is 16.5. The highest BCUT2D eigenvalue weighted by molar-refractivity contribution is 5.88. The Morgan fingerprint density at radius 1 is 1.59 bits per heavy atom. The fourth-order valence-corrected chi connectivity index (χ4v) is 1.54. The zero-order valence-electron chi connectivity index (χ0n) is 9.62. The van der Waals surface area contributed by atoms with Crippen molar-refractivity contribution >= 4 is 17.1 Å². The zero-order chi connectivity index (χ0) is 12.4. The third-order valence-electron chi connectivity index (χ3n) is 2.54. The number of aromatic carboxylic acids is 1. The summed E-state index contributed by atoms with van der Waals surface area (Å²) in [5, 5.41) is 8.88. The Balaban J connectivity index is 2.43. The van der Waals surface area contributed by atoms with Crippen LogP contribution < -0.4 is 0 Å². The highest BCUT2D eigenvalue weighted by Crippen LogP contribution is 2.12. The topological polar surface area (TPSA) is 77.2 Å². The summed E-state index contributed by atoms with van der Waals surface area (Å²) in [4.78, 5) is 19.1. The third-order valence-corrected chi connectivity index (χ3v) is 2.54. The lowest BCUT2D eigenvalue weighted by molar-refractivity contribution is 0.0691. The van der Waals surface area contributed by atoms with Gasteiger partial charge in [-0.3, -0.25) is 0 Å². The maximum Gasteiger partial charge on any atom is 0.354 e. The van der Waals surface area contributed by atoms with Gasteiger partial charge in [0.15, 0.2) is 11.3 Å². The summed E-state index contributed by atoms with van der Waals surface area (Å²) in [6.45, 7) is 2.51. The molecule has 2 rings (SSSR count). The smallest absolute Gasteiger partial charge is 0.354 e. The Hall–Kier alpha value is -1.95. The molecule has 0 spiro atoms. The zero-order valence-corrected chi connectivity index (χ0v) is 9.62. The van der Waals surface area contributed by atoms with Crippen LogP contribution in [0.15, 0.2) is 18.5 Å². The minimum atomic E-state index is -1.04. The first-order valence-electron chi connectivity index (χ1n) is 5.20. The number of aromatic nitrogens is 3. The average molecular weight is 235 g/mol. The van der Waals surface area contributed by atoms with Crippen LogP contribution in [0, 0.1) is 0 Å². The summed E-state index contributed by atoms with van der Waals surface area (Å²) in [6, 6.07) is 3.10. The van der Waals surface area contributed by atoms with Gasteiger partial charge in [-0.15, -0.1) is 0 Å². The van der Waals surface area contributed by atoms with E-state index in [4.69, 9.17) is 9.84 Å². The van der Waals surface area contributed by atoms with Gasteiger partial charge in [0.2, 0.25) is 0 Å². The first kappa shape index (κ1) is 11.5. The predicted molar refractivity (Wildman–Crippen MR) is 61.0 cm³/mol. The number of carboxylic acid groups (broad SMARTS) is 1. The molecule has 90 valence electrons. The number of fused-ring (bicyclic) bond motifs is 1. The normalized spacial score (nSPS) is 12.8. The van der Waals surface area contributed by atoms with Crippen LogP contribution in [0.25, 0.3) is 11.2 Å². The third kappa shape index (κ3) is 2.26. The molecule has 0 aliphatic rings. The van der Waals surface area contributed by atoms with Gasteiger partial charge in [-0.25, -0.2) is 14.8 Å². The lowest BCUT2D eigenvalue weighted by Crippen LogP contribution is -2.14. The molecular weight excluding hydrogens is 222 g/mol. The van der Waals surface area contributed by atoms with E-state index in [1.165, 1.54) is 6.07 Å². The number of hydrogen-bond donors (Lipinski definition) is 1. The van der Waals surface area contributed by atoms with Crippen LogP contribution in [-0.2, 0) is 11.3 Å². The molecule has 1 N–H and O–H groups in total. The number of carbonyl (C=O) groups is 1. The summed E-state index contributed by atoms with van der Waals surface area (Å²) >= 11 is 0. The molecular formula is C11H13N3O3. The molecule has 0 saturated carbocycles.